The number of amides is 5. The Hall–Kier alpha value is -6.74. The molecular weight excluding hydrogens is 905 g/mol. The maximum absolute atomic E-state index is 13.0. The first-order valence-corrected chi connectivity index (χ1v) is 24.1. The smallest absolute Gasteiger partial charge is 0.316 e. The van der Waals surface area contributed by atoms with E-state index in [9.17, 15) is 38.7 Å². The van der Waals surface area contributed by atoms with E-state index in [4.69, 9.17) is 11.5 Å². The van der Waals surface area contributed by atoms with Gasteiger partial charge in [0.15, 0.2) is 5.96 Å². The largest absolute Gasteiger partial charge is 0.480 e. The molecule has 0 fully saturated rings. The number of aliphatic carboxylic acids is 1. The second-order valence-corrected chi connectivity index (χ2v) is 16.9. The number of hydrogen-bond donors (Lipinski definition) is 11. The summed E-state index contributed by atoms with van der Waals surface area (Å²) in [5, 5.41) is 25.7. The number of hydrogen-bond acceptors (Lipinski definition) is 11. The van der Waals surface area contributed by atoms with Gasteiger partial charge in [-0.2, -0.15) is 0 Å². The fourth-order valence-corrected chi connectivity index (χ4v) is 7.09. The predicted molar refractivity (Wildman–Crippen MR) is 272 cm³/mol. The van der Waals surface area contributed by atoms with Crippen molar-refractivity contribution in [3.05, 3.63) is 90.1 Å². The molecule has 0 aliphatic heterocycles. The number of nitrogens with two attached hydrogens (primary N) is 2. The molecule has 2 aromatic heterocycles. The molecule has 13 N–H and O–H groups in total. The van der Waals surface area contributed by atoms with Crippen LogP contribution in [0.25, 0.3) is 10.9 Å². The number of aromatic nitrogens is 3. The molecule has 2 aromatic carbocycles. The number of rotatable bonds is 27. The summed E-state index contributed by atoms with van der Waals surface area (Å²) in [5.41, 5.74) is 14.5. The lowest BCUT2D eigenvalue weighted by molar-refractivity contribution is -0.136. The summed E-state index contributed by atoms with van der Waals surface area (Å²) in [5.74, 6) is -3.19. The van der Waals surface area contributed by atoms with E-state index < -0.39 is 41.7 Å². The Morgan fingerprint density at radius 1 is 0.812 bits per heavy atom. The second-order valence-electron chi connectivity index (χ2n) is 15.7. The zero-order chi connectivity index (χ0) is 51.2. The Balaban J connectivity index is 0.000000821. The molecule has 380 valence electrons. The number of nitrogens with zero attached hydrogens (tertiary/aromatic N) is 2. The van der Waals surface area contributed by atoms with Crippen LogP contribution < -0.4 is 43.4 Å². The van der Waals surface area contributed by atoms with Gasteiger partial charge in [-0.15, -0.1) is 11.8 Å². The van der Waals surface area contributed by atoms with Crippen molar-refractivity contribution in [1.82, 2.24) is 46.9 Å². The van der Waals surface area contributed by atoms with Crippen molar-refractivity contribution in [3.8, 4) is 0 Å². The van der Waals surface area contributed by atoms with E-state index in [1.54, 1.807) is 19.6 Å². The van der Waals surface area contributed by atoms with Gasteiger partial charge in [0, 0.05) is 54.3 Å². The van der Waals surface area contributed by atoms with Crippen LogP contribution in [0, 0.1) is 13.8 Å². The van der Waals surface area contributed by atoms with Crippen LogP contribution in [0.2, 0.25) is 0 Å². The number of imidazole rings is 1. The number of unbranched alkanes of at least 4 members (excludes halogenated alkanes) is 3. The van der Waals surface area contributed by atoms with Gasteiger partial charge in [0.2, 0.25) is 29.5 Å². The van der Waals surface area contributed by atoms with E-state index in [-0.39, 0.29) is 61.8 Å². The molecule has 0 bridgehead atoms. The lowest BCUT2D eigenvalue weighted by Gasteiger charge is -2.21. The third-order valence-corrected chi connectivity index (χ3v) is 10.9. The van der Waals surface area contributed by atoms with E-state index in [2.05, 4.69) is 77.0 Å². The fourth-order valence-electron chi connectivity index (χ4n) is 5.95. The van der Waals surface area contributed by atoms with Crippen LogP contribution in [-0.4, -0.2) is 131 Å². The van der Waals surface area contributed by atoms with E-state index in [0.717, 1.165) is 48.8 Å². The molecule has 0 aliphatic carbocycles. The summed E-state index contributed by atoms with van der Waals surface area (Å²) >= 11 is 1.00. The number of aromatic amines is 2. The van der Waals surface area contributed by atoms with Gasteiger partial charge in [-0.25, -0.2) is 4.98 Å². The summed E-state index contributed by atoms with van der Waals surface area (Å²) in [7, 11) is 1.61. The van der Waals surface area contributed by atoms with E-state index in [1.807, 2.05) is 63.4 Å². The Morgan fingerprint density at radius 3 is 2.09 bits per heavy atom. The third kappa shape index (κ3) is 29.6. The van der Waals surface area contributed by atoms with E-state index >= 15 is 0 Å². The van der Waals surface area contributed by atoms with Crippen LogP contribution >= 0.6 is 11.8 Å². The Labute approximate surface area is 409 Å². The number of para-hydroxylation sites is 1. The molecule has 4 rings (SSSR count). The molecule has 0 aliphatic rings. The minimum absolute atomic E-state index is 0.0437. The molecule has 21 heteroatoms. The number of likely N-dealkylation sites (N-methyl/N-ethyl adjacent to an activating group) is 1. The summed E-state index contributed by atoms with van der Waals surface area (Å²) in [6.45, 7) is 8.64. The highest BCUT2D eigenvalue weighted by Gasteiger charge is 2.26. The maximum atomic E-state index is 13.0. The van der Waals surface area contributed by atoms with Crippen molar-refractivity contribution in [3.63, 3.8) is 0 Å². The van der Waals surface area contributed by atoms with Gasteiger partial charge < -0.3 is 63.2 Å². The first-order chi connectivity index (χ1) is 33.1. The average molecular weight is 979 g/mol. The molecule has 20 nitrogen and oxygen atoms in total. The molecule has 0 saturated carbocycles. The monoisotopic (exact) mass is 979 g/mol. The van der Waals surface area contributed by atoms with Crippen molar-refractivity contribution in [2.75, 3.05) is 45.5 Å². The molecule has 4 aromatic rings. The lowest BCUT2D eigenvalue weighted by Crippen LogP contribution is -2.51. The number of aryl methyl sites for hydroxylation is 2. The normalized spacial score (nSPS) is 11.5. The molecule has 0 spiro atoms. The van der Waals surface area contributed by atoms with Gasteiger partial charge in [0.1, 0.15) is 17.6 Å². The molecule has 3 atom stereocenters. The van der Waals surface area contributed by atoms with Crippen LogP contribution in [-0.2, 0) is 40.0 Å². The molecular formula is C48H74N12O8S. The zero-order valence-corrected chi connectivity index (χ0v) is 41.4. The van der Waals surface area contributed by atoms with Gasteiger partial charge >= 0.3 is 5.97 Å². The fraction of sp³-hybridized carbons (Fsp3) is 0.479. The number of carbonyl (C=O) groups excluding carboxylic acids is 6. The van der Waals surface area contributed by atoms with Crippen molar-refractivity contribution in [2.45, 2.75) is 103 Å². The van der Waals surface area contributed by atoms with Crippen LogP contribution in [0.5, 0.6) is 0 Å². The topological polar surface area (TPSA) is 321 Å². The number of aliphatic imine (C=N–C) groups is 1. The lowest BCUT2D eigenvalue weighted by atomic mass is 10.1. The highest BCUT2D eigenvalue weighted by molar-refractivity contribution is 8.00. The third-order valence-electron chi connectivity index (χ3n) is 9.58. The molecule has 0 saturated heterocycles. The number of carbonyl (C=O) groups is 7. The van der Waals surface area contributed by atoms with Crippen LogP contribution in [0.4, 0.5) is 0 Å². The van der Waals surface area contributed by atoms with E-state index in [1.165, 1.54) is 16.5 Å². The summed E-state index contributed by atoms with van der Waals surface area (Å²) in [6, 6.07) is 15.6. The Kier molecular flexibility index (Phi) is 32.6. The SMILES string of the molecule is CCCCCC(=O)NC(CSC(CCCCNC(=O)CNC(=O)CNC)C(=O)O)C(=O)NCC(=O)NC(C=O)Cc1ccccc1.CCCN=C(N)N.Cc1c[nH]c2ccccc12.Cc1cnc[nH]1. The number of carboxylic acid groups (broad SMARTS) is 1. The van der Waals surface area contributed by atoms with Gasteiger partial charge in [0.25, 0.3) is 0 Å². The summed E-state index contributed by atoms with van der Waals surface area (Å²) in [4.78, 5) is 98.3. The molecule has 69 heavy (non-hydrogen) atoms. The van der Waals surface area contributed by atoms with Crippen LogP contribution in [0.1, 0.15) is 82.0 Å². The first kappa shape index (κ1) is 60.3. The van der Waals surface area contributed by atoms with Crippen molar-refractivity contribution in [2.24, 2.45) is 16.5 Å². The minimum atomic E-state index is -1.09. The molecule has 0 radical (unpaired) electrons. The number of guanidine groups is 1. The maximum Gasteiger partial charge on any atom is 0.316 e. The number of nitrogens with one attached hydrogen (secondary N) is 8. The molecule has 5 amide bonds. The first-order valence-electron chi connectivity index (χ1n) is 23.0. The Bertz CT molecular complexity index is 2110. The van der Waals surface area contributed by atoms with Crippen molar-refractivity contribution in [1.29, 1.82) is 0 Å². The van der Waals surface area contributed by atoms with Gasteiger partial charge in [-0.05, 0) is 70.2 Å². The summed E-state index contributed by atoms with van der Waals surface area (Å²) in [6.07, 6.45) is 11.2. The highest BCUT2D eigenvalue weighted by atomic mass is 32.2. The van der Waals surface area contributed by atoms with Crippen LogP contribution in [0.3, 0.4) is 0 Å². The van der Waals surface area contributed by atoms with Crippen LogP contribution in [0.15, 0.2) is 78.3 Å². The average Bonchev–Trinajstić information content (AvgIpc) is 3.98. The highest BCUT2D eigenvalue weighted by Crippen LogP contribution is 2.19. The molecule has 2 heterocycles. The van der Waals surface area contributed by atoms with Gasteiger partial charge in [-0.1, -0.05) is 81.6 Å². The summed E-state index contributed by atoms with van der Waals surface area (Å²) < 4.78 is 0. The number of benzene rings is 2. The zero-order valence-electron chi connectivity index (χ0n) is 40.6. The van der Waals surface area contributed by atoms with E-state index in [0.29, 0.717) is 32.1 Å². The standard InChI is InChI=1S/C31H48N6O8S.C9H9N.C4H11N3.C4H6N2/c1-3-4-6-14-26(39)37-24(30(43)35-19-29(42)36-23(20-38)16-22-11-7-5-8-12-22)21-46-25(31(44)45)13-9-10-15-33-28(41)18-34-27(40)17-32-2;1-7-6-10-9-5-3-2-4-8(7)9;1-2-3-7-4(5)6;1-4-2-5-3-6-4/h5,7-8,11-12,20,23-25,32H,3-4,6,9-10,13-19,21H2,1-2H3,(H,33,41)(H,34,40)(H,35,43)(H,36,42)(H,37,39)(H,44,45);2-6,10H,1H3;2-3H2,1H3,(H4,5,6,7);2-3H,1H3,(H,5,6). The number of H-pyrrole nitrogens is 2. The van der Waals surface area contributed by atoms with Crippen molar-refractivity contribution >= 4 is 70.4 Å². The van der Waals surface area contributed by atoms with Crippen molar-refractivity contribution < 1.29 is 38.7 Å². The molecule has 3 unspecified atom stereocenters. The number of thioether (sulfide) groups is 1. The number of fused-ring (bicyclic) bond motifs is 1. The number of aldehydes is 1. The van der Waals surface area contributed by atoms with Gasteiger partial charge in [-0.3, -0.25) is 33.8 Å². The minimum Gasteiger partial charge on any atom is -0.480 e. The number of carboxylic acids is 1. The van der Waals surface area contributed by atoms with Gasteiger partial charge in [0.05, 0.1) is 32.0 Å². The second kappa shape index (κ2) is 37.3. The quantitative estimate of drug-likeness (QED) is 0.0178. The Morgan fingerprint density at radius 2 is 1.51 bits per heavy atom. The predicted octanol–water partition coefficient (Wildman–Crippen LogP) is 2.77.